The molecule has 0 saturated heterocycles. The van der Waals surface area contributed by atoms with Crippen LogP contribution in [0, 0.1) is 6.92 Å². The zero-order valence-electron chi connectivity index (χ0n) is 13.7. The van der Waals surface area contributed by atoms with E-state index in [1.165, 1.54) is 11.3 Å². The molecular formula is C16H18Cl2N2O3S. The predicted molar refractivity (Wildman–Crippen MR) is 97.2 cm³/mol. The fourth-order valence-corrected chi connectivity index (χ4v) is 3.21. The molecule has 130 valence electrons. The number of ether oxygens (including phenoxy) is 1. The molecule has 2 aromatic rings. The van der Waals surface area contributed by atoms with Gasteiger partial charge in [-0.1, -0.05) is 40.6 Å². The Labute approximate surface area is 154 Å². The first-order valence-corrected chi connectivity index (χ1v) is 8.74. The van der Waals surface area contributed by atoms with E-state index in [1.807, 2.05) is 0 Å². The molecule has 8 heteroatoms. The Kier molecular flexibility index (Phi) is 5.75. The van der Waals surface area contributed by atoms with Gasteiger partial charge in [-0.2, -0.15) is 0 Å². The second kappa shape index (κ2) is 7.27. The fourth-order valence-electron chi connectivity index (χ4n) is 1.94. The highest BCUT2D eigenvalue weighted by Gasteiger charge is 2.21. The van der Waals surface area contributed by atoms with Gasteiger partial charge in [0.2, 0.25) is 0 Å². The number of benzene rings is 1. The fraction of sp³-hybridized carbons (Fsp3) is 0.375. The number of aromatic nitrogens is 1. The van der Waals surface area contributed by atoms with E-state index in [4.69, 9.17) is 27.9 Å². The summed E-state index contributed by atoms with van der Waals surface area (Å²) in [4.78, 5) is 16.7. The summed E-state index contributed by atoms with van der Waals surface area (Å²) in [5.74, 6) is 0. The van der Waals surface area contributed by atoms with Crippen molar-refractivity contribution in [2.75, 3.05) is 5.32 Å². The molecule has 0 saturated carbocycles. The van der Waals surface area contributed by atoms with Gasteiger partial charge in [0.05, 0.1) is 20.6 Å². The molecule has 0 spiro atoms. The van der Waals surface area contributed by atoms with Crippen molar-refractivity contribution in [3.05, 3.63) is 44.4 Å². The van der Waals surface area contributed by atoms with Crippen LogP contribution in [-0.2, 0) is 4.74 Å². The largest absolute Gasteiger partial charge is 0.444 e. The molecule has 1 aromatic carbocycles. The van der Waals surface area contributed by atoms with Crippen LogP contribution in [-0.4, -0.2) is 21.8 Å². The van der Waals surface area contributed by atoms with Crippen molar-refractivity contribution < 1.29 is 14.6 Å². The van der Waals surface area contributed by atoms with Crippen molar-refractivity contribution in [2.45, 2.75) is 39.4 Å². The number of thiazole rings is 1. The third-order valence-corrected chi connectivity index (χ3v) is 4.81. The molecule has 1 amide bonds. The van der Waals surface area contributed by atoms with E-state index in [0.29, 0.717) is 31.3 Å². The van der Waals surface area contributed by atoms with E-state index in [2.05, 4.69) is 10.3 Å². The maximum absolute atomic E-state index is 11.8. The molecule has 1 aromatic heterocycles. The molecule has 0 bridgehead atoms. The first-order chi connectivity index (χ1) is 11.1. The lowest BCUT2D eigenvalue weighted by Gasteiger charge is -2.18. The van der Waals surface area contributed by atoms with Gasteiger partial charge in [-0.3, -0.25) is 5.32 Å². The number of rotatable bonds is 3. The smallest absolute Gasteiger partial charge is 0.413 e. The minimum absolute atomic E-state index is 0.357. The molecule has 0 aliphatic carbocycles. The Morgan fingerprint density at radius 2 is 2.00 bits per heavy atom. The van der Waals surface area contributed by atoms with Gasteiger partial charge in [-0.15, -0.1) is 0 Å². The van der Waals surface area contributed by atoms with Crippen LogP contribution in [0.25, 0.3) is 0 Å². The van der Waals surface area contributed by atoms with Crippen LogP contribution >= 0.6 is 34.5 Å². The number of nitrogens with zero attached hydrogens (tertiary/aromatic N) is 1. The van der Waals surface area contributed by atoms with Gasteiger partial charge in [0, 0.05) is 0 Å². The quantitative estimate of drug-likeness (QED) is 0.758. The molecule has 1 heterocycles. The lowest BCUT2D eigenvalue weighted by atomic mass is 10.1. The summed E-state index contributed by atoms with van der Waals surface area (Å²) in [6.07, 6.45) is -1.50. The number of nitrogens with one attached hydrogen (secondary N) is 1. The molecule has 2 rings (SSSR count). The van der Waals surface area contributed by atoms with Crippen LogP contribution < -0.4 is 5.32 Å². The number of aliphatic hydroxyl groups excluding tert-OH is 1. The van der Waals surface area contributed by atoms with E-state index in [1.54, 1.807) is 45.9 Å². The van der Waals surface area contributed by atoms with Gasteiger partial charge in [-0.25, -0.2) is 9.78 Å². The Hall–Kier alpha value is -1.34. The van der Waals surface area contributed by atoms with Crippen LogP contribution in [0.4, 0.5) is 9.93 Å². The van der Waals surface area contributed by atoms with Gasteiger partial charge in [0.1, 0.15) is 11.7 Å². The van der Waals surface area contributed by atoms with Crippen molar-refractivity contribution >= 4 is 45.8 Å². The molecule has 0 fully saturated rings. The average molecular weight is 389 g/mol. The van der Waals surface area contributed by atoms with Crippen LogP contribution in [0.3, 0.4) is 0 Å². The molecule has 0 aliphatic heterocycles. The van der Waals surface area contributed by atoms with Gasteiger partial charge in [0.25, 0.3) is 0 Å². The SMILES string of the molecule is Cc1nc(NC(=O)OC(C)(C)C)sc1C(O)c1ccc(Cl)c(Cl)c1. The van der Waals surface area contributed by atoms with Crippen molar-refractivity contribution in [1.29, 1.82) is 0 Å². The highest BCUT2D eigenvalue weighted by atomic mass is 35.5. The summed E-state index contributed by atoms with van der Waals surface area (Å²) in [6.45, 7) is 7.09. The number of anilines is 1. The summed E-state index contributed by atoms with van der Waals surface area (Å²) in [5, 5.41) is 14.3. The van der Waals surface area contributed by atoms with Crippen molar-refractivity contribution in [1.82, 2.24) is 4.98 Å². The number of aryl methyl sites for hydroxylation is 1. The monoisotopic (exact) mass is 388 g/mol. The van der Waals surface area contributed by atoms with Crippen LogP contribution in [0.1, 0.15) is 43.0 Å². The number of halogens is 2. The highest BCUT2D eigenvalue weighted by Crippen LogP contribution is 2.34. The maximum atomic E-state index is 11.8. The van der Waals surface area contributed by atoms with Gasteiger partial charge in [-0.05, 0) is 45.4 Å². The minimum Gasteiger partial charge on any atom is -0.444 e. The van der Waals surface area contributed by atoms with E-state index in [-0.39, 0.29) is 0 Å². The average Bonchev–Trinajstić information content (AvgIpc) is 2.79. The Balaban J connectivity index is 2.18. The third kappa shape index (κ3) is 4.83. The van der Waals surface area contributed by atoms with Crippen molar-refractivity contribution in [3.63, 3.8) is 0 Å². The summed E-state index contributed by atoms with van der Waals surface area (Å²) in [6, 6.07) is 4.92. The second-order valence-electron chi connectivity index (χ2n) is 6.17. The Morgan fingerprint density at radius 1 is 1.33 bits per heavy atom. The minimum atomic E-state index is -0.911. The summed E-state index contributed by atoms with van der Waals surface area (Å²) in [5.41, 5.74) is 0.614. The molecule has 24 heavy (non-hydrogen) atoms. The Morgan fingerprint density at radius 3 is 2.58 bits per heavy atom. The number of carbonyl (C=O) groups is 1. The third-order valence-electron chi connectivity index (χ3n) is 2.95. The summed E-state index contributed by atoms with van der Waals surface area (Å²) >= 11 is 13.1. The highest BCUT2D eigenvalue weighted by molar-refractivity contribution is 7.16. The second-order valence-corrected chi connectivity index (χ2v) is 8.02. The summed E-state index contributed by atoms with van der Waals surface area (Å²) < 4.78 is 5.19. The molecule has 5 nitrogen and oxygen atoms in total. The van der Waals surface area contributed by atoms with Crippen LogP contribution in [0.5, 0.6) is 0 Å². The number of aliphatic hydroxyl groups is 1. The number of hydrogen-bond donors (Lipinski definition) is 2. The predicted octanol–water partition coefficient (Wildman–Crippen LogP) is 5.19. The maximum Gasteiger partial charge on any atom is 0.413 e. The van der Waals surface area contributed by atoms with E-state index in [9.17, 15) is 9.90 Å². The molecule has 0 radical (unpaired) electrons. The molecule has 0 aliphatic rings. The topological polar surface area (TPSA) is 71.5 Å². The van der Waals surface area contributed by atoms with Crippen LogP contribution in [0.15, 0.2) is 18.2 Å². The van der Waals surface area contributed by atoms with Gasteiger partial charge in [0.15, 0.2) is 5.13 Å². The van der Waals surface area contributed by atoms with Crippen molar-refractivity contribution in [3.8, 4) is 0 Å². The van der Waals surface area contributed by atoms with Gasteiger partial charge < -0.3 is 9.84 Å². The molecule has 1 atom stereocenters. The normalized spacial score (nSPS) is 12.8. The molecule has 1 unspecified atom stereocenters. The zero-order chi connectivity index (χ0) is 18.1. The van der Waals surface area contributed by atoms with Gasteiger partial charge >= 0.3 is 6.09 Å². The zero-order valence-corrected chi connectivity index (χ0v) is 16.0. The number of amides is 1. The van der Waals surface area contributed by atoms with Crippen LogP contribution in [0.2, 0.25) is 10.0 Å². The first-order valence-electron chi connectivity index (χ1n) is 7.17. The van der Waals surface area contributed by atoms with E-state index < -0.39 is 17.8 Å². The summed E-state index contributed by atoms with van der Waals surface area (Å²) in [7, 11) is 0. The van der Waals surface area contributed by atoms with E-state index >= 15 is 0 Å². The lowest BCUT2D eigenvalue weighted by Crippen LogP contribution is -2.27. The number of carbonyl (C=O) groups excluding carboxylic acids is 1. The number of hydrogen-bond acceptors (Lipinski definition) is 5. The first kappa shape index (κ1) is 19.0. The molecular weight excluding hydrogens is 371 g/mol. The van der Waals surface area contributed by atoms with E-state index in [0.717, 1.165) is 0 Å². The lowest BCUT2D eigenvalue weighted by molar-refractivity contribution is 0.0636. The Bertz CT molecular complexity index is 756. The molecule has 2 N–H and O–H groups in total. The van der Waals surface area contributed by atoms with Crippen molar-refractivity contribution in [2.24, 2.45) is 0 Å². The standard InChI is InChI=1S/C16H18Cl2N2O3S/c1-8-13(12(21)9-5-6-10(17)11(18)7-9)24-14(19-8)20-15(22)23-16(2,3)4/h5-7,12,21H,1-4H3,(H,19,20,22).